The summed E-state index contributed by atoms with van der Waals surface area (Å²) in [4.78, 5) is 13.7. The lowest BCUT2D eigenvalue weighted by atomic mass is 9.83. The molecule has 9 heteroatoms. The van der Waals surface area contributed by atoms with Gasteiger partial charge in [-0.15, -0.1) is 0 Å². The molecule has 0 aromatic carbocycles. The summed E-state index contributed by atoms with van der Waals surface area (Å²) in [6.07, 6.45) is 4.56. The molecule has 2 heterocycles. The molecule has 2 saturated heterocycles. The van der Waals surface area contributed by atoms with Crippen LogP contribution < -0.4 is 11.5 Å². The highest BCUT2D eigenvalue weighted by molar-refractivity contribution is 5.93. The van der Waals surface area contributed by atoms with Gasteiger partial charge in [-0.2, -0.15) is 4.99 Å². The Hall–Kier alpha value is -2.32. The molecule has 0 aromatic rings. The van der Waals surface area contributed by atoms with Crippen LogP contribution in [0, 0.1) is 22.2 Å². The van der Waals surface area contributed by atoms with Crippen molar-refractivity contribution in [3.05, 3.63) is 0 Å². The number of hydrogen-bond acceptors (Lipinski definition) is 2. The number of hydrogen-bond donors (Lipinski definition) is 4. The Balaban J connectivity index is 0.000000291. The van der Waals surface area contributed by atoms with Crippen molar-refractivity contribution in [2.75, 3.05) is 40.3 Å². The topological polar surface area (TPSA) is 134 Å². The maximum atomic E-state index is 7.70. The minimum absolute atomic E-state index is 0.200. The summed E-state index contributed by atoms with van der Waals surface area (Å²) in [5.41, 5.74) is 11.7. The van der Waals surface area contributed by atoms with Crippen molar-refractivity contribution in [3.63, 3.8) is 0 Å². The first-order valence-electron chi connectivity index (χ1n) is 10.4. The number of likely N-dealkylation sites (tertiary alicyclic amines) is 2. The molecule has 0 saturated carbocycles. The first-order valence-corrected chi connectivity index (χ1v) is 10.4. The summed E-state index contributed by atoms with van der Waals surface area (Å²) in [6.45, 7) is 12.3. The predicted molar refractivity (Wildman–Crippen MR) is 123 cm³/mol. The van der Waals surface area contributed by atoms with E-state index in [9.17, 15) is 0 Å². The molecule has 9 nitrogen and oxygen atoms in total. The van der Waals surface area contributed by atoms with Crippen molar-refractivity contribution in [1.29, 1.82) is 10.8 Å². The highest BCUT2D eigenvalue weighted by atomic mass is 15.3. The number of amidine groups is 1. The molecule has 2 aliphatic heterocycles. The maximum absolute atomic E-state index is 7.70. The van der Waals surface area contributed by atoms with Crippen LogP contribution in [0.25, 0.3) is 0 Å². The molecule has 2 rings (SSSR count). The van der Waals surface area contributed by atoms with E-state index in [2.05, 4.69) is 35.7 Å². The van der Waals surface area contributed by atoms with Crippen LogP contribution in [0.15, 0.2) is 9.98 Å². The molecular formula is C20H41N9. The monoisotopic (exact) mass is 407 g/mol. The normalized spacial score (nSPS) is 20.6. The Labute approximate surface area is 176 Å². The Bertz CT molecular complexity index is 599. The maximum Gasteiger partial charge on any atom is 0.220 e. The van der Waals surface area contributed by atoms with Crippen LogP contribution in [0.1, 0.15) is 53.4 Å². The average Bonchev–Trinajstić information content (AvgIpc) is 2.61. The van der Waals surface area contributed by atoms with E-state index in [1.807, 2.05) is 4.90 Å². The molecule has 0 amide bonds. The minimum Gasteiger partial charge on any atom is -0.387 e. The average molecular weight is 408 g/mol. The van der Waals surface area contributed by atoms with Gasteiger partial charge in [-0.3, -0.25) is 10.8 Å². The fourth-order valence-electron chi connectivity index (χ4n) is 3.08. The van der Waals surface area contributed by atoms with Crippen LogP contribution in [0.3, 0.4) is 0 Å². The van der Waals surface area contributed by atoms with Gasteiger partial charge in [-0.25, -0.2) is 4.99 Å². The Morgan fingerprint density at radius 1 is 0.966 bits per heavy atom. The lowest BCUT2D eigenvalue weighted by Crippen LogP contribution is -2.43. The Morgan fingerprint density at radius 2 is 1.48 bits per heavy atom. The molecule has 0 spiro atoms. The second-order valence-corrected chi connectivity index (χ2v) is 9.09. The van der Waals surface area contributed by atoms with Crippen LogP contribution in [-0.4, -0.2) is 78.7 Å². The van der Waals surface area contributed by atoms with E-state index < -0.39 is 0 Å². The van der Waals surface area contributed by atoms with Gasteiger partial charge in [0.25, 0.3) is 0 Å². The number of guanidine groups is 3. The predicted octanol–water partition coefficient (Wildman–Crippen LogP) is 1.95. The smallest absolute Gasteiger partial charge is 0.220 e. The van der Waals surface area contributed by atoms with Gasteiger partial charge in [0.05, 0.1) is 5.84 Å². The third-order valence-corrected chi connectivity index (χ3v) is 5.45. The van der Waals surface area contributed by atoms with Crippen LogP contribution >= 0.6 is 0 Å². The molecular weight excluding hydrogens is 366 g/mol. The lowest BCUT2D eigenvalue weighted by molar-refractivity contribution is 0.187. The van der Waals surface area contributed by atoms with E-state index in [0.29, 0.717) is 23.2 Å². The van der Waals surface area contributed by atoms with E-state index in [1.165, 1.54) is 0 Å². The summed E-state index contributed by atoms with van der Waals surface area (Å²) < 4.78 is 0. The third kappa shape index (κ3) is 9.15. The molecule has 0 radical (unpaired) electrons. The van der Waals surface area contributed by atoms with E-state index in [1.54, 1.807) is 25.9 Å². The van der Waals surface area contributed by atoms with Crippen LogP contribution in [-0.2, 0) is 0 Å². The molecule has 0 aromatic heterocycles. The molecule has 0 aliphatic carbocycles. The number of aliphatic imine (C=N–C) groups is 2. The van der Waals surface area contributed by atoms with Gasteiger partial charge >= 0.3 is 0 Å². The SMILES string of the molecule is CC(N)=NC(=N)N1CCC(C)(C)CC1.CC1CCN(C(N)=NC(=N)N(C)C)CC1. The largest absolute Gasteiger partial charge is 0.387 e. The first-order chi connectivity index (χ1) is 13.4. The molecule has 2 fully saturated rings. The van der Waals surface area contributed by atoms with Gasteiger partial charge in [0, 0.05) is 40.3 Å². The molecule has 0 bridgehead atoms. The zero-order valence-corrected chi connectivity index (χ0v) is 19.1. The number of piperidine rings is 2. The van der Waals surface area contributed by atoms with Gasteiger partial charge < -0.3 is 26.2 Å². The summed E-state index contributed by atoms with van der Waals surface area (Å²) in [7, 11) is 3.58. The van der Waals surface area contributed by atoms with Crippen LogP contribution in [0.5, 0.6) is 0 Å². The van der Waals surface area contributed by atoms with Crippen molar-refractivity contribution in [1.82, 2.24) is 14.7 Å². The van der Waals surface area contributed by atoms with Crippen LogP contribution in [0.4, 0.5) is 0 Å². The number of nitrogens with two attached hydrogens (primary N) is 2. The summed E-state index contributed by atoms with van der Waals surface area (Å²) in [6, 6.07) is 0. The van der Waals surface area contributed by atoms with Crippen molar-refractivity contribution >= 4 is 23.7 Å². The highest BCUT2D eigenvalue weighted by Crippen LogP contribution is 2.29. The first kappa shape index (κ1) is 24.7. The van der Waals surface area contributed by atoms with Gasteiger partial charge in [0.1, 0.15) is 0 Å². The molecule has 2 aliphatic rings. The van der Waals surface area contributed by atoms with E-state index in [-0.39, 0.29) is 5.96 Å². The van der Waals surface area contributed by atoms with Gasteiger partial charge in [0.2, 0.25) is 11.9 Å². The summed E-state index contributed by atoms with van der Waals surface area (Å²) in [5, 5.41) is 15.3. The standard InChI is InChI=1S/C10H21N5.C10H20N4/c1-8-4-6-15(7-5-8)10(12)13-9(11)14(2)3;1-8(11)13-9(12)14-6-4-10(2,3)5-7-14/h8H,4-7H2,1-3H3,(H3,11,12,13);4-7H2,1-3H3,(H3,11,12,13). The second-order valence-electron chi connectivity index (χ2n) is 9.09. The fourth-order valence-corrected chi connectivity index (χ4v) is 3.08. The van der Waals surface area contributed by atoms with E-state index >= 15 is 0 Å². The number of nitrogens with zero attached hydrogens (tertiary/aromatic N) is 5. The zero-order chi connectivity index (χ0) is 22.2. The van der Waals surface area contributed by atoms with Crippen molar-refractivity contribution in [3.8, 4) is 0 Å². The van der Waals surface area contributed by atoms with Gasteiger partial charge in [-0.05, 0) is 43.9 Å². The van der Waals surface area contributed by atoms with Gasteiger partial charge in [-0.1, -0.05) is 20.8 Å². The van der Waals surface area contributed by atoms with Crippen molar-refractivity contribution in [2.45, 2.75) is 53.4 Å². The van der Waals surface area contributed by atoms with E-state index in [0.717, 1.165) is 57.8 Å². The molecule has 166 valence electrons. The quantitative estimate of drug-likeness (QED) is 0.360. The van der Waals surface area contributed by atoms with Crippen LogP contribution in [0.2, 0.25) is 0 Å². The Morgan fingerprint density at radius 3 is 1.93 bits per heavy atom. The number of rotatable bonds is 0. The van der Waals surface area contributed by atoms with Gasteiger partial charge in [0.15, 0.2) is 5.96 Å². The summed E-state index contributed by atoms with van der Waals surface area (Å²) >= 11 is 0. The lowest BCUT2D eigenvalue weighted by Gasteiger charge is -2.36. The number of nitrogens with one attached hydrogen (secondary N) is 2. The van der Waals surface area contributed by atoms with Crippen molar-refractivity contribution in [2.24, 2.45) is 32.8 Å². The van der Waals surface area contributed by atoms with Crippen molar-refractivity contribution < 1.29 is 0 Å². The second kappa shape index (κ2) is 11.0. The minimum atomic E-state index is 0.200. The third-order valence-electron chi connectivity index (χ3n) is 5.45. The van der Waals surface area contributed by atoms with E-state index in [4.69, 9.17) is 22.3 Å². The molecule has 0 unspecified atom stereocenters. The zero-order valence-electron chi connectivity index (χ0n) is 19.1. The molecule has 6 N–H and O–H groups in total. The highest BCUT2D eigenvalue weighted by Gasteiger charge is 2.26. The summed E-state index contributed by atoms with van der Waals surface area (Å²) in [5.74, 6) is 2.22. The fraction of sp³-hybridized carbons (Fsp3) is 0.800. The Kier molecular flexibility index (Phi) is 9.39. The molecule has 29 heavy (non-hydrogen) atoms. The molecule has 0 atom stereocenters.